The standard InChI is InChI=1S/C52H40N2OS/c1-35(34-49-36(2)53-51(56-49)41-26-24-38(25-27-41)37-14-6-5-7-15-37)54(42-18-12-17-40-16-8-10-22-47(40)52(3,4)33-32-42)43-30-28-39(29-31-43)44-20-13-21-46-45-19-9-11-23-48(45)55-50(44)46/h5-34H,1-2H2,3-4H3/b17-12+,33-32?,42-18?,49-34+. The van der Waals surface area contributed by atoms with Crippen molar-refractivity contribution < 1.29 is 4.42 Å². The summed E-state index contributed by atoms with van der Waals surface area (Å²) in [6.45, 7) is 13.6. The third kappa shape index (κ3) is 6.65. The minimum absolute atomic E-state index is 0.209. The van der Waals surface area contributed by atoms with E-state index in [-0.39, 0.29) is 5.41 Å². The first-order valence-corrected chi connectivity index (χ1v) is 19.6. The molecule has 0 fully saturated rings. The predicted molar refractivity (Wildman–Crippen MR) is 239 cm³/mol. The van der Waals surface area contributed by atoms with Gasteiger partial charge in [-0.2, -0.15) is 0 Å². The van der Waals surface area contributed by atoms with Crippen LogP contribution in [0.25, 0.3) is 73.5 Å². The molecule has 2 heterocycles. The summed E-state index contributed by atoms with van der Waals surface area (Å²) >= 11 is 1.63. The first kappa shape index (κ1) is 35.0. The molecule has 1 aliphatic rings. The predicted octanol–water partition coefficient (Wildman–Crippen LogP) is 12.7. The van der Waals surface area contributed by atoms with Crippen LogP contribution in [0.5, 0.6) is 0 Å². The van der Waals surface area contributed by atoms with Crippen molar-refractivity contribution in [1.29, 1.82) is 0 Å². The fourth-order valence-electron chi connectivity index (χ4n) is 7.56. The van der Waals surface area contributed by atoms with Crippen LogP contribution in [0.15, 0.2) is 192 Å². The molecule has 270 valence electrons. The minimum Gasteiger partial charge on any atom is -0.455 e. The van der Waals surface area contributed by atoms with Crippen molar-refractivity contribution in [3.63, 3.8) is 0 Å². The molecule has 0 atom stereocenters. The SMILES string of the molecule is C=C(/C=c1/sc(-c2ccc(-c3ccccc3)cc2)nc1=C)N(C1=C/C=C/c2ccccc2C(C)(C)C=C1)c1ccc(-c2cccc3c2oc2ccccc23)cc1. The summed E-state index contributed by atoms with van der Waals surface area (Å²) < 4.78 is 7.37. The van der Waals surface area contributed by atoms with Crippen molar-refractivity contribution in [3.8, 4) is 32.8 Å². The molecule has 6 aromatic carbocycles. The van der Waals surface area contributed by atoms with Crippen LogP contribution in [0.4, 0.5) is 5.69 Å². The molecule has 0 aliphatic heterocycles. The van der Waals surface area contributed by atoms with Crippen LogP contribution in [0.1, 0.15) is 25.0 Å². The molecule has 0 spiro atoms. The average Bonchev–Trinajstić information content (AvgIpc) is 3.81. The van der Waals surface area contributed by atoms with E-state index in [0.717, 1.165) is 70.6 Å². The third-order valence-electron chi connectivity index (χ3n) is 10.5. The van der Waals surface area contributed by atoms with Crippen molar-refractivity contribution in [2.45, 2.75) is 19.3 Å². The van der Waals surface area contributed by atoms with Crippen LogP contribution < -0.4 is 14.8 Å². The molecule has 4 heteroatoms. The van der Waals surface area contributed by atoms with Gasteiger partial charge in [0.1, 0.15) is 16.2 Å². The van der Waals surface area contributed by atoms with Crippen molar-refractivity contribution in [2.75, 3.05) is 4.90 Å². The highest BCUT2D eigenvalue weighted by Gasteiger charge is 2.22. The largest absolute Gasteiger partial charge is 0.455 e. The van der Waals surface area contributed by atoms with Gasteiger partial charge >= 0.3 is 0 Å². The van der Waals surface area contributed by atoms with Crippen LogP contribution in [0, 0.1) is 0 Å². The number of aromatic nitrogens is 1. The maximum atomic E-state index is 6.40. The second-order valence-corrected chi connectivity index (χ2v) is 15.7. The van der Waals surface area contributed by atoms with Gasteiger partial charge in [0.2, 0.25) is 0 Å². The van der Waals surface area contributed by atoms with Gasteiger partial charge in [0, 0.05) is 44.4 Å². The Kier molecular flexibility index (Phi) is 9.05. The summed E-state index contributed by atoms with van der Waals surface area (Å²) in [6.07, 6.45) is 13.1. The number of nitrogens with zero attached hydrogens (tertiary/aromatic N) is 2. The van der Waals surface area contributed by atoms with E-state index in [4.69, 9.17) is 9.40 Å². The number of para-hydroxylation sites is 2. The highest BCUT2D eigenvalue weighted by Crippen LogP contribution is 2.38. The van der Waals surface area contributed by atoms with Gasteiger partial charge in [0.05, 0.1) is 9.88 Å². The van der Waals surface area contributed by atoms with E-state index in [1.165, 1.54) is 22.3 Å². The Balaban J connectivity index is 1.11. The molecule has 56 heavy (non-hydrogen) atoms. The fourth-order valence-corrected chi connectivity index (χ4v) is 8.54. The summed E-state index contributed by atoms with van der Waals surface area (Å²) in [6, 6.07) is 50.9. The maximum Gasteiger partial charge on any atom is 0.143 e. The maximum absolute atomic E-state index is 6.40. The first-order valence-electron chi connectivity index (χ1n) is 18.8. The molecular weight excluding hydrogens is 701 g/mol. The lowest BCUT2D eigenvalue weighted by atomic mass is 9.81. The molecule has 3 nitrogen and oxygen atoms in total. The second-order valence-electron chi connectivity index (χ2n) is 14.7. The number of hydrogen-bond acceptors (Lipinski definition) is 4. The minimum atomic E-state index is -0.209. The van der Waals surface area contributed by atoms with Gasteiger partial charge < -0.3 is 9.32 Å². The Morgan fingerprint density at radius 2 is 1.38 bits per heavy atom. The van der Waals surface area contributed by atoms with E-state index in [0.29, 0.717) is 0 Å². The number of thiazole rings is 1. The molecule has 0 saturated heterocycles. The van der Waals surface area contributed by atoms with Crippen LogP contribution in [-0.4, -0.2) is 4.98 Å². The van der Waals surface area contributed by atoms with Crippen LogP contribution in [-0.2, 0) is 5.41 Å². The van der Waals surface area contributed by atoms with Gasteiger partial charge in [0.15, 0.2) is 0 Å². The summed E-state index contributed by atoms with van der Waals surface area (Å²) in [5, 5.41) is 3.88. The van der Waals surface area contributed by atoms with Crippen LogP contribution >= 0.6 is 11.3 Å². The third-order valence-corrected chi connectivity index (χ3v) is 11.6. The number of furan rings is 1. The molecule has 1 aliphatic carbocycles. The molecule has 2 aromatic heterocycles. The lowest BCUT2D eigenvalue weighted by Crippen LogP contribution is -2.24. The lowest BCUT2D eigenvalue weighted by Gasteiger charge is -2.28. The van der Waals surface area contributed by atoms with Crippen LogP contribution in [0.2, 0.25) is 0 Å². The Bertz CT molecular complexity index is 2960. The summed E-state index contributed by atoms with van der Waals surface area (Å²) in [5.41, 5.74) is 12.4. The molecular formula is C52H40N2OS. The summed E-state index contributed by atoms with van der Waals surface area (Å²) in [7, 11) is 0. The zero-order valence-electron chi connectivity index (χ0n) is 31.4. The number of fused-ring (bicyclic) bond motifs is 4. The Hall–Kier alpha value is -6.75. The average molecular weight is 741 g/mol. The van der Waals surface area contributed by atoms with Gasteiger partial charge in [0.25, 0.3) is 0 Å². The Morgan fingerprint density at radius 1 is 0.696 bits per heavy atom. The van der Waals surface area contributed by atoms with Crippen LogP contribution in [0.3, 0.4) is 0 Å². The zero-order chi connectivity index (χ0) is 38.2. The van der Waals surface area contributed by atoms with E-state index in [9.17, 15) is 0 Å². The van der Waals surface area contributed by atoms with Crippen molar-refractivity contribution >= 4 is 57.7 Å². The molecule has 0 radical (unpaired) electrons. The highest BCUT2D eigenvalue weighted by molar-refractivity contribution is 7.13. The quantitative estimate of drug-likeness (QED) is 0.163. The van der Waals surface area contributed by atoms with Gasteiger partial charge in [-0.15, -0.1) is 11.3 Å². The molecule has 0 amide bonds. The molecule has 0 saturated carbocycles. The first-order chi connectivity index (χ1) is 27.3. The summed E-state index contributed by atoms with van der Waals surface area (Å²) in [5.74, 6) is 0. The van der Waals surface area contributed by atoms with E-state index in [2.05, 4.69) is 196 Å². The van der Waals surface area contributed by atoms with E-state index < -0.39 is 0 Å². The zero-order valence-corrected chi connectivity index (χ0v) is 32.3. The molecule has 9 rings (SSSR count). The Labute approximate surface area is 331 Å². The monoisotopic (exact) mass is 740 g/mol. The van der Waals surface area contributed by atoms with Gasteiger partial charge in [-0.3, -0.25) is 0 Å². The van der Waals surface area contributed by atoms with Crippen molar-refractivity contribution in [1.82, 2.24) is 4.98 Å². The van der Waals surface area contributed by atoms with E-state index in [1.54, 1.807) is 11.3 Å². The molecule has 0 unspecified atom stereocenters. The number of allylic oxidation sites excluding steroid dienone is 5. The van der Waals surface area contributed by atoms with Gasteiger partial charge in [-0.25, -0.2) is 4.98 Å². The van der Waals surface area contributed by atoms with E-state index in [1.807, 2.05) is 18.2 Å². The van der Waals surface area contributed by atoms with Crippen molar-refractivity contribution in [2.24, 2.45) is 0 Å². The second kappa shape index (κ2) is 14.5. The Morgan fingerprint density at radius 3 is 2.20 bits per heavy atom. The smallest absolute Gasteiger partial charge is 0.143 e. The highest BCUT2D eigenvalue weighted by atomic mass is 32.1. The van der Waals surface area contributed by atoms with E-state index >= 15 is 0 Å². The number of anilines is 1. The topological polar surface area (TPSA) is 29.3 Å². The number of rotatable bonds is 7. The number of benzene rings is 6. The van der Waals surface area contributed by atoms with Gasteiger partial charge in [-0.05, 0) is 64.2 Å². The summed E-state index contributed by atoms with van der Waals surface area (Å²) in [4.78, 5) is 7.13. The molecule has 0 N–H and O–H groups in total. The number of hydrogen-bond donors (Lipinski definition) is 0. The normalized spacial score (nSPS) is 14.5. The lowest BCUT2D eigenvalue weighted by molar-refractivity contribution is 0.668. The fraction of sp³-hybridized carbons (Fsp3) is 0.0577. The van der Waals surface area contributed by atoms with Gasteiger partial charge in [-0.1, -0.05) is 173 Å². The molecule has 0 bridgehead atoms. The van der Waals surface area contributed by atoms with Crippen molar-refractivity contribution in [3.05, 3.63) is 209 Å². The molecule has 8 aromatic rings.